The first-order valence-electron chi connectivity index (χ1n) is 10.8. The summed E-state index contributed by atoms with van der Waals surface area (Å²) in [6.07, 6.45) is 4.67. The fourth-order valence-corrected chi connectivity index (χ4v) is 5.40. The van der Waals surface area contributed by atoms with Gasteiger partial charge >= 0.3 is 0 Å². The van der Waals surface area contributed by atoms with Crippen LogP contribution in [0.25, 0.3) is 0 Å². The number of hydrogen-bond donors (Lipinski definition) is 2. The number of hydrogen-bond acceptors (Lipinski definition) is 7. The third kappa shape index (κ3) is 4.23. The molecule has 2 aromatic heterocycles. The van der Waals surface area contributed by atoms with Gasteiger partial charge in [-0.2, -0.15) is 0 Å². The van der Waals surface area contributed by atoms with Crippen molar-refractivity contribution in [2.75, 3.05) is 11.1 Å². The number of allylic oxidation sites excluding steroid dienone is 2. The number of pyridine rings is 1. The van der Waals surface area contributed by atoms with Gasteiger partial charge in [-0.25, -0.2) is 14.4 Å². The molecule has 8 heteroatoms. The van der Waals surface area contributed by atoms with Gasteiger partial charge < -0.3 is 11.1 Å². The second-order valence-corrected chi connectivity index (χ2v) is 10.2. The monoisotopic (exact) mass is 461 g/mol. The second-order valence-electron chi connectivity index (χ2n) is 9.24. The maximum Gasteiger partial charge on any atom is 0.191 e. The lowest BCUT2D eigenvalue weighted by Crippen LogP contribution is -2.34. The molecule has 1 atom stereocenters. The minimum atomic E-state index is -0.334. The first-order chi connectivity index (χ1) is 15.8. The van der Waals surface area contributed by atoms with Crippen LogP contribution in [0, 0.1) is 11.2 Å². The molecule has 0 fully saturated rings. The van der Waals surface area contributed by atoms with Crippen molar-refractivity contribution >= 4 is 29.2 Å². The average Bonchev–Trinajstić information content (AvgIpc) is 2.77. The van der Waals surface area contributed by atoms with Crippen molar-refractivity contribution in [3.63, 3.8) is 0 Å². The minimum Gasteiger partial charge on any atom is -0.383 e. The van der Waals surface area contributed by atoms with Gasteiger partial charge in [0, 0.05) is 47.3 Å². The lowest BCUT2D eigenvalue weighted by atomic mass is 9.69. The number of benzene rings is 1. The van der Waals surface area contributed by atoms with Crippen molar-refractivity contribution in [2.24, 2.45) is 5.41 Å². The second kappa shape index (κ2) is 8.26. The number of carbonyl (C=O) groups is 1. The summed E-state index contributed by atoms with van der Waals surface area (Å²) in [5.41, 5.74) is 10.6. The average molecular weight is 462 g/mol. The SMILES string of the molecule is CC1(C)CC(=O)C2=C(C1)Nc1nc(SCc3ccc(F)cc3)nc(N)c1[C@H]2c1ccncc1. The molecule has 3 heterocycles. The lowest BCUT2D eigenvalue weighted by Gasteiger charge is -2.39. The van der Waals surface area contributed by atoms with Gasteiger partial charge in [-0.15, -0.1) is 0 Å². The zero-order chi connectivity index (χ0) is 23.2. The molecule has 0 bridgehead atoms. The van der Waals surface area contributed by atoms with E-state index in [0.717, 1.165) is 34.4 Å². The Hall–Kier alpha value is -3.26. The number of nitrogen functional groups attached to an aromatic ring is 1. The van der Waals surface area contributed by atoms with Crippen molar-refractivity contribution in [1.29, 1.82) is 0 Å². The van der Waals surface area contributed by atoms with Crippen LogP contribution >= 0.6 is 11.8 Å². The Bertz CT molecular complexity index is 1260. The maximum absolute atomic E-state index is 13.3. The third-order valence-corrected chi connectivity index (χ3v) is 6.96. The predicted octanol–water partition coefficient (Wildman–Crippen LogP) is 5.09. The summed E-state index contributed by atoms with van der Waals surface area (Å²) in [5.74, 6) is 1.09. The van der Waals surface area contributed by atoms with Crippen LogP contribution in [-0.2, 0) is 10.5 Å². The van der Waals surface area contributed by atoms with Crippen molar-refractivity contribution < 1.29 is 9.18 Å². The van der Waals surface area contributed by atoms with Crippen molar-refractivity contribution in [1.82, 2.24) is 15.0 Å². The van der Waals surface area contributed by atoms with Gasteiger partial charge in [0.25, 0.3) is 0 Å². The Balaban J connectivity index is 1.55. The Morgan fingerprint density at radius 2 is 1.85 bits per heavy atom. The zero-order valence-corrected chi connectivity index (χ0v) is 19.2. The molecular weight excluding hydrogens is 437 g/mol. The first-order valence-corrected chi connectivity index (χ1v) is 11.8. The van der Waals surface area contributed by atoms with Gasteiger partial charge in [0.2, 0.25) is 0 Å². The van der Waals surface area contributed by atoms with E-state index in [1.165, 1.54) is 23.9 Å². The van der Waals surface area contributed by atoms with Crippen molar-refractivity contribution in [3.8, 4) is 0 Å². The van der Waals surface area contributed by atoms with Gasteiger partial charge in [-0.1, -0.05) is 37.7 Å². The van der Waals surface area contributed by atoms with E-state index in [9.17, 15) is 9.18 Å². The molecule has 6 nitrogen and oxygen atoms in total. The topological polar surface area (TPSA) is 93.8 Å². The van der Waals surface area contributed by atoms with Crippen LogP contribution in [-0.4, -0.2) is 20.7 Å². The summed E-state index contributed by atoms with van der Waals surface area (Å²) in [4.78, 5) is 26.7. The van der Waals surface area contributed by atoms with E-state index in [4.69, 9.17) is 10.7 Å². The number of nitrogens with one attached hydrogen (secondary N) is 1. The smallest absolute Gasteiger partial charge is 0.191 e. The molecule has 0 radical (unpaired) electrons. The van der Waals surface area contributed by atoms with Crippen LogP contribution in [0.5, 0.6) is 0 Å². The van der Waals surface area contributed by atoms with Gasteiger partial charge in [-0.3, -0.25) is 9.78 Å². The molecule has 0 saturated carbocycles. The molecule has 0 unspecified atom stereocenters. The van der Waals surface area contributed by atoms with E-state index in [2.05, 4.69) is 29.1 Å². The molecule has 3 aromatic rings. The number of nitrogens with two attached hydrogens (primary N) is 1. The van der Waals surface area contributed by atoms with Crippen molar-refractivity contribution in [2.45, 2.75) is 43.5 Å². The van der Waals surface area contributed by atoms with E-state index >= 15 is 0 Å². The molecule has 1 aliphatic heterocycles. The highest BCUT2D eigenvalue weighted by Gasteiger charge is 2.42. The van der Waals surface area contributed by atoms with E-state index in [1.54, 1.807) is 24.5 Å². The van der Waals surface area contributed by atoms with Crippen LogP contribution in [0.2, 0.25) is 0 Å². The predicted molar refractivity (Wildman–Crippen MR) is 127 cm³/mol. The summed E-state index contributed by atoms with van der Waals surface area (Å²) < 4.78 is 13.2. The van der Waals surface area contributed by atoms with E-state index in [1.807, 2.05) is 12.1 Å². The van der Waals surface area contributed by atoms with Crippen LogP contribution in [0.15, 0.2) is 65.2 Å². The lowest BCUT2D eigenvalue weighted by molar-refractivity contribution is -0.118. The molecule has 1 aromatic carbocycles. The fraction of sp³-hybridized carbons (Fsp3) is 0.280. The molecule has 5 rings (SSSR count). The maximum atomic E-state index is 13.3. The van der Waals surface area contributed by atoms with Crippen LogP contribution in [0.4, 0.5) is 16.0 Å². The van der Waals surface area contributed by atoms with Crippen LogP contribution < -0.4 is 11.1 Å². The van der Waals surface area contributed by atoms with Gasteiger partial charge in [0.1, 0.15) is 17.5 Å². The molecule has 168 valence electrons. The molecule has 0 saturated heterocycles. The molecular formula is C25H24FN5OS. The number of thioether (sulfide) groups is 1. The Kier molecular flexibility index (Phi) is 5.40. The molecule has 33 heavy (non-hydrogen) atoms. The number of ketones is 1. The Labute approximate surface area is 195 Å². The van der Waals surface area contributed by atoms with Crippen LogP contribution in [0.1, 0.15) is 49.3 Å². The highest BCUT2D eigenvalue weighted by molar-refractivity contribution is 7.98. The highest BCUT2D eigenvalue weighted by atomic mass is 32.2. The Morgan fingerprint density at radius 3 is 2.58 bits per heavy atom. The fourth-order valence-electron chi connectivity index (χ4n) is 4.60. The zero-order valence-electron chi connectivity index (χ0n) is 18.4. The first kappa shape index (κ1) is 21.6. The number of carbonyl (C=O) groups excluding carboxylic acids is 1. The summed E-state index contributed by atoms with van der Waals surface area (Å²) in [6, 6.07) is 10.2. The van der Waals surface area contributed by atoms with Crippen molar-refractivity contribution in [3.05, 3.63) is 82.6 Å². The molecule has 0 amide bonds. The van der Waals surface area contributed by atoms with Gasteiger partial charge in [0.15, 0.2) is 10.9 Å². The number of rotatable bonds is 4. The minimum absolute atomic E-state index is 0.121. The summed E-state index contributed by atoms with van der Waals surface area (Å²) in [5, 5.41) is 3.95. The van der Waals surface area contributed by atoms with E-state index in [-0.39, 0.29) is 22.9 Å². The molecule has 0 spiro atoms. The molecule has 1 aliphatic carbocycles. The molecule has 2 aliphatic rings. The quantitative estimate of drug-likeness (QED) is 0.413. The van der Waals surface area contributed by atoms with Gasteiger partial charge in [0.05, 0.1) is 0 Å². The summed E-state index contributed by atoms with van der Waals surface area (Å²) in [7, 11) is 0. The molecule has 3 N–H and O–H groups in total. The summed E-state index contributed by atoms with van der Waals surface area (Å²) in [6.45, 7) is 4.21. The van der Waals surface area contributed by atoms with Crippen LogP contribution in [0.3, 0.4) is 0 Å². The highest BCUT2D eigenvalue weighted by Crippen LogP contribution is 2.50. The number of aromatic nitrogens is 3. The summed E-state index contributed by atoms with van der Waals surface area (Å²) >= 11 is 1.44. The third-order valence-electron chi connectivity index (χ3n) is 6.04. The normalized spacial score (nSPS) is 19.0. The van der Waals surface area contributed by atoms with Gasteiger partial charge in [-0.05, 0) is 47.2 Å². The number of anilines is 2. The van der Waals surface area contributed by atoms with E-state index < -0.39 is 0 Å². The number of Topliss-reactive ketones (excluding diaryl/α,β-unsaturated/α-hetero) is 1. The number of nitrogens with zero attached hydrogens (tertiary/aromatic N) is 3. The van der Waals surface area contributed by atoms with E-state index in [0.29, 0.717) is 29.0 Å². The largest absolute Gasteiger partial charge is 0.383 e. The Morgan fingerprint density at radius 1 is 1.12 bits per heavy atom. The number of fused-ring (bicyclic) bond motifs is 1. The number of halogens is 1. The standard InChI is InChI=1S/C25H24FN5OS/c1-25(2)11-17-20(18(32)12-25)19(15-7-9-28-10-8-15)21-22(27)30-24(31-23(21)29-17)33-13-14-3-5-16(26)6-4-14/h3-10,19H,11-13H2,1-2H3,(H3,27,29,30,31)/t19-/m0/s1.